The van der Waals surface area contributed by atoms with E-state index in [1.54, 1.807) is 0 Å². The van der Waals surface area contributed by atoms with Gasteiger partial charge in [-0.3, -0.25) is 0 Å². The summed E-state index contributed by atoms with van der Waals surface area (Å²) in [7, 11) is 2.22. The summed E-state index contributed by atoms with van der Waals surface area (Å²) in [5, 5.41) is 2.51. The van der Waals surface area contributed by atoms with Gasteiger partial charge < -0.3 is 9.30 Å². The van der Waals surface area contributed by atoms with Crippen LogP contribution in [0.2, 0.25) is 0 Å². The SMILES string of the molecule is [B]1c2ccc(-n3c4ccccc4c4ccccc43)cc2Oc2cccc(c2)-c2ccccc21. The molecule has 1 aliphatic rings. The summed E-state index contributed by atoms with van der Waals surface area (Å²) in [5.41, 5.74) is 8.09. The maximum atomic E-state index is 6.47. The second-order valence-electron chi connectivity index (χ2n) is 8.45. The first kappa shape index (κ1) is 18.3. The molecule has 0 fully saturated rings. The largest absolute Gasteiger partial charge is 0.458 e. The fraction of sp³-hybridized carbons (Fsp3) is 0. The van der Waals surface area contributed by atoms with Gasteiger partial charge in [0.25, 0.3) is 0 Å². The summed E-state index contributed by atoms with van der Waals surface area (Å²) in [6.45, 7) is 0. The maximum absolute atomic E-state index is 6.47. The second kappa shape index (κ2) is 7.14. The van der Waals surface area contributed by atoms with Gasteiger partial charge in [0, 0.05) is 22.5 Å². The molecule has 6 aromatic rings. The highest BCUT2D eigenvalue weighted by molar-refractivity contribution is 6.69. The molecule has 33 heavy (non-hydrogen) atoms. The van der Waals surface area contributed by atoms with E-state index in [1.165, 1.54) is 32.8 Å². The summed E-state index contributed by atoms with van der Waals surface area (Å²) in [6.07, 6.45) is 0. The molecule has 0 saturated carbocycles. The van der Waals surface area contributed by atoms with E-state index in [0.717, 1.165) is 28.2 Å². The Kier molecular flexibility index (Phi) is 3.97. The van der Waals surface area contributed by atoms with E-state index in [0.29, 0.717) is 0 Å². The van der Waals surface area contributed by atoms with Gasteiger partial charge in [0.1, 0.15) is 11.5 Å². The standard InChI is InChI=1S/C30H19BNO/c1-4-13-26-23(10-1)20-8-7-9-22(18-20)33-30-19-21(16-17-27(30)31-26)32-28-14-5-2-11-24(28)25-12-3-6-15-29(25)32/h1-19H. The highest BCUT2D eigenvalue weighted by atomic mass is 16.5. The lowest BCUT2D eigenvalue weighted by atomic mass is 9.61. The molecule has 0 spiro atoms. The molecule has 0 unspecified atom stereocenters. The zero-order valence-electron chi connectivity index (χ0n) is 17.9. The zero-order chi connectivity index (χ0) is 21.8. The molecule has 1 radical (unpaired) electrons. The molecule has 2 heterocycles. The number of fused-ring (bicyclic) bond motifs is 8. The van der Waals surface area contributed by atoms with Crippen LogP contribution in [-0.4, -0.2) is 11.8 Å². The molecule has 0 aliphatic carbocycles. The number of hydrogen-bond donors (Lipinski definition) is 0. The second-order valence-corrected chi connectivity index (χ2v) is 8.45. The van der Waals surface area contributed by atoms with Crippen molar-refractivity contribution in [3.63, 3.8) is 0 Å². The summed E-state index contributed by atoms with van der Waals surface area (Å²) < 4.78 is 8.80. The van der Waals surface area contributed by atoms with Crippen LogP contribution in [-0.2, 0) is 0 Å². The number of aromatic nitrogens is 1. The van der Waals surface area contributed by atoms with Crippen molar-refractivity contribution in [3.8, 4) is 28.3 Å². The van der Waals surface area contributed by atoms with E-state index in [2.05, 4.69) is 121 Å². The maximum Gasteiger partial charge on any atom is 0.197 e. The Bertz CT molecular complexity index is 1630. The molecule has 0 N–H and O–H groups in total. The molecule has 5 aromatic carbocycles. The van der Waals surface area contributed by atoms with Gasteiger partial charge in [-0.05, 0) is 46.9 Å². The van der Waals surface area contributed by atoms with Crippen LogP contribution in [0.5, 0.6) is 11.5 Å². The van der Waals surface area contributed by atoms with Crippen LogP contribution < -0.4 is 15.7 Å². The Hall–Kier alpha value is -4.24. The van der Waals surface area contributed by atoms with E-state index < -0.39 is 0 Å². The molecule has 2 bridgehead atoms. The Morgan fingerprint density at radius 3 is 2.12 bits per heavy atom. The lowest BCUT2D eigenvalue weighted by Gasteiger charge is -2.14. The summed E-state index contributed by atoms with van der Waals surface area (Å²) in [5.74, 6) is 1.70. The minimum atomic E-state index is 0.846. The lowest BCUT2D eigenvalue weighted by molar-refractivity contribution is 0.486. The van der Waals surface area contributed by atoms with Gasteiger partial charge in [-0.25, -0.2) is 0 Å². The van der Waals surface area contributed by atoms with Gasteiger partial charge in [-0.15, -0.1) is 0 Å². The third kappa shape index (κ3) is 2.90. The van der Waals surface area contributed by atoms with E-state index in [1.807, 2.05) is 6.07 Å². The van der Waals surface area contributed by atoms with Crippen molar-refractivity contribution in [1.82, 2.24) is 4.57 Å². The van der Waals surface area contributed by atoms with E-state index in [4.69, 9.17) is 4.74 Å². The number of rotatable bonds is 1. The molecule has 153 valence electrons. The summed E-state index contributed by atoms with van der Waals surface area (Å²) >= 11 is 0. The predicted octanol–water partition coefficient (Wildman–Crippen LogP) is 6.21. The molecule has 0 atom stereocenters. The minimum Gasteiger partial charge on any atom is -0.458 e. The molecule has 3 heteroatoms. The average molecular weight is 420 g/mol. The zero-order valence-corrected chi connectivity index (χ0v) is 17.9. The highest BCUT2D eigenvalue weighted by Crippen LogP contribution is 2.34. The van der Waals surface area contributed by atoms with Crippen molar-refractivity contribution in [3.05, 3.63) is 115 Å². The van der Waals surface area contributed by atoms with Gasteiger partial charge in [0.2, 0.25) is 0 Å². The number of para-hydroxylation sites is 2. The first-order chi connectivity index (χ1) is 16.3. The quantitative estimate of drug-likeness (QED) is 0.288. The molecular formula is C30H19BNO. The smallest absolute Gasteiger partial charge is 0.197 e. The Morgan fingerprint density at radius 2 is 1.30 bits per heavy atom. The van der Waals surface area contributed by atoms with Crippen LogP contribution in [0.25, 0.3) is 38.6 Å². The number of nitrogens with zero attached hydrogens (tertiary/aromatic N) is 1. The van der Waals surface area contributed by atoms with Crippen molar-refractivity contribution >= 4 is 40.0 Å². The van der Waals surface area contributed by atoms with Gasteiger partial charge in [-0.1, -0.05) is 84.3 Å². The molecule has 7 rings (SSSR count). The molecule has 0 amide bonds. The van der Waals surface area contributed by atoms with Crippen molar-refractivity contribution < 1.29 is 4.74 Å². The van der Waals surface area contributed by atoms with Crippen molar-refractivity contribution in [2.75, 3.05) is 0 Å². The van der Waals surface area contributed by atoms with Crippen LogP contribution in [0.15, 0.2) is 115 Å². The van der Waals surface area contributed by atoms with Crippen LogP contribution in [0, 0.1) is 0 Å². The highest BCUT2D eigenvalue weighted by Gasteiger charge is 2.17. The number of ether oxygens (including phenoxy) is 1. The first-order valence-corrected chi connectivity index (χ1v) is 11.2. The third-order valence-corrected chi connectivity index (χ3v) is 6.48. The van der Waals surface area contributed by atoms with Crippen LogP contribution in [0.1, 0.15) is 0 Å². The average Bonchev–Trinajstić information content (AvgIpc) is 3.21. The Morgan fingerprint density at radius 1 is 0.576 bits per heavy atom. The van der Waals surface area contributed by atoms with E-state index in [-0.39, 0.29) is 0 Å². The first-order valence-electron chi connectivity index (χ1n) is 11.2. The molecule has 2 nitrogen and oxygen atoms in total. The van der Waals surface area contributed by atoms with E-state index in [9.17, 15) is 0 Å². The van der Waals surface area contributed by atoms with Crippen LogP contribution in [0.4, 0.5) is 0 Å². The molecular weight excluding hydrogens is 401 g/mol. The number of hydrogen-bond acceptors (Lipinski definition) is 1. The molecule has 0 saturated heterocycles. The van der Waals surface area contributed by atoms with Gasteiger partial charge in [-0.2, -0.15) is 0 Å². The summed E-state index contributed by atoms with van der Waals surface area (Å²) in [6, 6.07) is 40.5. The van der Waals surface area contributed by atoms with Gasteiger partial charge in [0.15, 0.2) is 7.28 Å². The van der Waals surface area contributed by atoms with Crippen LogP contribution >= 0.6 is 0 Å². The topological polar surface area (TPSA) is 14.2 Å². The fourth-order valence-corrected chi connectivity index (χ4v) is 4.98. The monoisotopic (exact) mass is 420 g/mol. The van der Waals surface area contributed by atoms with Crippen molar-refractivity contribution in [1.29, 1.82) is 0 Å². The Balaban J connectivity index is 1.47. The van der Waals surface area contributed by atoms with Crippen molar-refractivity contribution in [2.24, 2.45) is 0 Å². The fourth-order valence-electron chi connectivity index (χ4n) is 4.98. The van der Waals surface area contributed by atoms with Crippen LogP contribution in [0.3, 0.4) is 0 Å². The predicted molar refractivity (Wildman–Crippen MR) is 138 cm³/mol. The van der Waals surface area contributed by atoms with Gasteiger partial charge >= 0.3 is 0 Å². The third-order valence-electron chi connectivity index (χ3n) is 6.48. The molecule has 1 aromatic heterocycles. The molecule has 1 aliphatic heterocycles. The van der Waals surface area contributed by atoms with Gasteiger partial charge in [0.05, 0.1) is 11.0 Å². The van der Waals surface area contributed by atoms with Crippen molar-refractivity contribution in [2.45, 2.75) is 0 Å². The minimum absolute atomic E-state index is 0.846. The summed E-state index contributed by atoms with van der Waals surface area (Å²) in [4.78, 5) is 0. The Labute approximate surface area is 192 Å². The normalized spacial score (nSPS) is 12.1. The van der Waals surface area contributed by atoms with E-state index >= 15 is 0 Å². The lowest BCUT2D eigenvalue weighted by Crippen LogP contribution is -2.29. The number of benzene rings is 5.